The Morgan fingerprint density at radius 3 is 2.54 bits per heavy atom. The highest BCUT2D eigenvalue weighted by molar-refractivity contribution is 5.28. The molecule has 0 atom stereocenters. The van der Waals surface area contributed by atoms with Crippen molar-refractivity contribution in [3.05, 3.63) is 65.7 Å². The molecule has 3 heteroatoms. The van der Waals surface area contributed by atoms with Crippen LogP contribution < -0.4 is 10.1 Å². The lowest BCUT2D eigenvalue weighted by molar-refractivity contribution is 0.162. The van der Waals surface area contributed by atoms with Gasteiger partial charge in [-0.2, -0.15) is 0 Å². The Kier molecular flexibility index (Phi) is 6.27. The predicted molar refractivity (Wildman–Crippen MR) is 99.4 cm³/mol. The van der Waals surface area contributed by atoms with Gasteiger partial charge in [-0.15, -0.1) is 0 Å². The summed E-state index contributed by atoms with van der Waals surface area (Å²) >= 11 is 0. The van der Waals surface area contributed by atoms with Crippen LogP contribution in [-0.2, 0) is 13.0 Å². The van der Waals surface area contributed by atoms with Crippen LogP contribution in [0.5, 0.6) is 5.75 Å². The lowest BCUT2D eigenvalue weighted by Crippen LogP contribution is -2.34. The molecular formula is C21H28N2O. The van der Waals surface area contributed by atoms with Crippen LogP contribution in [-0.4, -0.2) is 37.7 Å². The Bertz CT molecular complexity index is 608. The van der Waals surface area contributed by atoms with Crippen LogP contribution in [0.15, 0.2) is 54.6 Å². The average molecular weight is 324 g/mol. The summed E-state index contributed by atoms with van der Waals surface area (Å²) in [6.45, 7) is 4.14. The molecule has 0 amide bonds. The summed E-state index contributed by atoms with van der Waals surface area (Å²) in [5.41, 5.74) is 2.71. The number of benzene rings is 2. The van der Waals surface area contributed by atoms with Gasteiger partial charge in [0, 0.05) is 13.1 Å². The molecule has 0 bridgehead atoms. The molecule has 24 heavy (non-hydrogen) atoms. The fourth-order valence-electron chi connectivity index (χ4n) is 3.18. The Morgan fingerprint density at radius 1 is 1.00 bits per heavy atom. The summed E-state index contributed by atoms with van der Waals surface area (Å²) < 4.78 is 6.15. The molecule has 3 rings (SSSR count). The van der Waals surface area contributed by atoms with E-state index in [0.717, 1.165) is 51.2 Å². The second-order valence-electron chi connectivity index (χ2n) is 6.69. The number of hydrogen-bond acceptors (Lipinski definition) is 3. The minimum atomic E-state index is 0.359. The molecule has 1 saturated heterocycles. The first kappa shape index (κ1) is 17.0. The maximum Gasteiger partial charge on any atom is 0.120 e. The first-order valence-corrected chi connectivity index (χ1v) is 8.98. The van der Waals surface area contributed by atoms with Crippen molar-refractivity contribution >= 4 is 0 Å². The Hall–Kier alpha value is -1.84. The van der Waals surface area contributed by atoms with Crippen molar-refractivity contribution < 1.29 is 4.74 Å². The van der Waals surface area contributed by atoms with Gasteiger partial charge in [0.2, 0.25) is 0 Å². The van der Waals surface area contributed by atoms with E-state index in [1.54, 1.807) is 0 Å². The first-order valence-electron chi connectivity index (χ1n) is 8.98. The summed E-state index contributed by atoms with van der Waals surface area (Å²) in [6, 6.07) is 19.2. The van der Waals surface area contributed by atoms with Gasteiger partial charge in [0.15, 0.2) is 0 Å². The Morgan fingerprint density at radius 2 is 1.75 bits per heavy atom. The van der Waals surface area contributed by atoms with Crippen molar-refractivity contribution in [2.45, 2.75) is 31.9 Å². The Labute approximate surface area is 145 Å². The second kappa shape index (κ2) is 8.86. The molecule has 1 heterocycles. The van der Waals surface area contributed by atoms with E-state index in [4.69, 9.17) is 4.74 Å². The highest BCUT2D eigenvalue weighted by Crippen LogP contribution is 2.19. The summed E-state index contributed by atoms with van der Waals surface area (Å²) in [5.74, 6) is 1.01. The largest absolute Gasteiger partial charge is 0.490 e. The molecule has 0 aliphatic carbocycles. The van der Waals surface area contributed by atoms with Crippen molar-refractivity contribution in [3.8, 4) is 5.75 Å². The van der Waals surface area contributed by atoms with Crippen molar-refractivity contribution in [1.29, 1.82) is 0 Å². The molecule has 1 aliphatic heterocycles. The monoisotopic (exact) mass is 324 g/mol. The highest BCUT2D eigenvalue weighted by atomic mass is 16.5. The Balaban J connectivity index is 1.50. The molecule has 0 unspecified atom stereocenters. The summed E-state index contributed by atoms with van der Waals surface area (Å²) in [6.07, 6.45) is 3.64. The van der Waals surface area contributed by atoms with Gasteiger partial charge in [0.25, 0.3) is 0 Å². The molecule has 2 aromatic rings. The van der Waals surface area contributed by atoms with Crippen LogP contribution in [0.25, 0.3) is 0 Å². The molecule has 128 valence electrons. The number of likely N-dealkylation sites (N-methyl/N-ethyl adjacent to an activating group) is 1. The molecule has 1 aliphatic rings. The van der Waals surface area contributed by atoms with E-state index in [-0.39, 0.29) is 0 Å². The van der Waals surface area contributed by atoms with Crippen molar-refractivity contribution in [2.24, 2.45) is 0 Å². The molecule has 0 radical (unpaired) electrons. The van der Waals surface area contributed by atoms with Gasteiger partial charge in [0.1, 0.15) is 11.9 Å². The number of hydrogen-bond donors (Lipinski definition) is 1. The van der Waals surface area contributed by atoms with E-state index in [2.05, 4.69) is 71.9 Å². The molecular weight excluding hydrogens is 296 g/mol. The zero-order valence-electron chi connectivity index (χ0n) is 14.6. The van der Waals surface area contributed by atoms with Crippen LogP contribution in [0, 0.1) is 0 Å². The molecule has 0 spiro atoms. The predicted octanol–water partition coefficient (Wildman–Crippen LogP) is 3.49. The average Bonchev–Trinajstić information content (AvgIpc) is 2.62. The van der Waals surface area contributed by atoms with E-state index in [1.807, 2.05) is 0 Å². The van der Waals surface area contributed by atoms with Gasteiger partial charge in [0.05, 0.1) is 0 Å². The van der Waals surface area contributed by atoms with Crippen LogP contribution in [0.2, 0.25) is 0 Å². The molecule has 3 nitrogen and oxygen atoms in total. The number of nitrogens with zero attached hydrogens (tertiary/aromatic N) is 1. The van der Waals surface area contributed by atoms with Gasteiger partial charge in [-0.05, 0) is 62.7 Å². The van der Waals surface area contributed by atoms with Crippen molar-refractivity contribution in [1.82, 2.24) is 10.2 Å². The third-order valence-corrected chi connectivity index (χ3v) is 4.56. The molecule has 1 fully saturated rings. The lowest BCUT2D eigenvalue weighted by atomic mass is 10.1. The first-order chi connectivity index (χ1) is 11.8. The summed E-state index contributed by atoms with van der Waals surface area (Å²) in [5, 5.41) is 3.38. The van der Waals surface area contributed by atoms with Crippen molar-refractivity contribution in [3.63, 3.8) is 0 Å². The molecule has 2 aromatic carbocycles. The number of piperidine rings is 1. The van der Waals surface area contributed by atoms with Gasteiger partial charge >= 0.3 is 0 Å². The smallest absolute Gasteiger partial charge is 0.120 e. The minimum Gasteiger partial charge on any atom is -0.490 e. The second-order valence-corrected chi connectivity index (χ2v) is 6.69. The zero-order valence-corrected chi connectivity index (χ0v) is 14.6. The normalized spacial score (nSPS) is 15.6. The van der Waals surface area contributed by atoms with Gasteiger partial charge in [-0.3, -0.25) is 0 Å². The minimum absolute atomic E-state index is 0.359. The van der Waals surface area contributed by atoms with Gasteiger partial charge in [-0.1, -0.05) is 42.5 Å². The van der Waals surface area contributed by atoms with Crippen molar-refractivity contribution in [2.75, 3.05) is 26.7 Å². The molecule has 0 aromatic heterocycles. The topological polar surface area (TPSA) is 24.5 Å². The maximum atomic E-state index is 6.15. The lowest BCUT2D eigenvalue weighted by Gasteiger charge is -2.24. The number of nitrogens with one attached hydrogen (secondary N) is 1. The van der Waals surface area contributed by atoms with E-state index < -0.39 is 0 Å². The summed E-state index contributed by atoms with van der Waals surface area (Å²) in [4.78, 5) is 2.37. The fourth-order valence-corrected chi connectivity index (χ4v) is 3.18. The van der Waals surface area contributed by atoms with Crippen LogP contribution >= 0.6 is 0 Å². The van der Waals surface area contributed by atoms with E-state index in [1.165, 1.54) is 11.1 Å². The van der Waals surface area contributed by atoms with Gasteiger partial charge < -0.3 is 15.0 Å². The third-order valence-electron chi connectivity index (χ3n) is 4.56. The fraction of sp³-hybridized carbons (Fsp3) is 0.429. The quantitative estimate of drug-likeness (QED) is 0.844. The molecule has 0 saturated carbocycles. The van der Waals surface area contributed by atoms with E-state index in [9.17, 15) is 0 Å². The van der Waals surface area contributed by atoms with Crippen LogP contribution in [0.1, 0.15) is 24.0 Å². The van der Waals surface area contributed by atoms with Gasteiger partial charge in [-0.25, -0.2) is 0 Å². The number of rotatable bonds is 7. The number of ether oxygens (including phenoxy) is 1. The third kappa shape index (κ3) is 5.36. The van der Waals surface area contributed by atoms with Crippen LogP contribution in [0.3, 0.4) is 0 Å². The zero-order chi connectivity index (χ0) is 16.6. The van der Waals surface area contributed by atoms with E-state index >= 15 is 0 Å². The highest BCUT2D eigenvalue weighted by Gasteiger charge is 2.14. The van der Waals surface area contributed by atoms with Crippen LogP contribution in [0.4, 0.5) is 0 Å². The standard InChI is InChI=1S/C21H28N2O/c1-23(15-12-18-6-3-2-4-7-18)17-19-8-5-9-21(16-19)24-20-10-13-22-14-11-20/h2-9,16,20,22H,10-15,17H2,1H3. The SMILES string of the molecule is CN(CCc1ccccc1)Cc1cccc(OC2CCNCC2)c1. The summed E-state index contributed by atoms with van der Waals surface area (Å²) in [7, 11) is 2.18. The van der Waals surface area contributed by atoms with E-state index in [0.29, 0.717) is 6.10 Å². The molecule has 1 N–H and O–H groups in total. The maximum absolute atomic E-state index is 6.15.